The largest absolute Gasteiger partial charge is 0.491 e. The predicted molar refractivity (Wildman–Crippen MR) is 72.8 cm³/mol. The molecule has 1 aliphatic carbocycles. The number of hydrogen-bond acceptors (Lipinski definition) is 5. The van der Waals surface area contributed by atoms with Crippen LogP contribution >= 0.6 is 10.7 Å². The SMILES string of the molecule is O=S(=O)(Cl)c1ccc2c(c1)C(NS(=O)(=O)C1CC1)CO2. The summed E-state index contributed by atoms with van der Waals surface area (Å²) < 4.78 is 54.4. The summed E-state index contributed by atoms with van der Waals surface area (Å²) in [5.74, 6) is 0.470. The van der Waals surface area contributed by atoms with E-state index in [4.69, 9.17) is 15.4 Å². The molecule has 20 heavy (non-hydrogen) atoms. The Hall–Kier alpha value is -0.830. The first kappa shape index (κ1) is 14.1. The Morgan fingerprint density at radius 1 is 1.20 bits per heavy atom. The van der Waals surface area contributed by atoms with E-state index in [1.54, 1.807) is 0 Å². The van der Waals surface area contributed by atoms with Gasteiger partial charge in [-0.1, -0.05) is 0 Å². The molecule has 1 unspecified atom stereocenters. The van der Waals surface area contributed by atoms with Crippen molar-refractivity contribution in [2.45, 2.75) is 29.0 Å². The zero-order valence-corrected chi connectivity index (χ0v) is 12.6. The van der Waals surface area contributed by atoms with Gasteiger partial charge in [0.2, 0.25) is 10.0 Å². The highest BCUT2D eigenvalue weighted by Gasteiger charge is 2.39. The van der Waals surface area contributed by atoms with Crippen LogP contribution in [0.5, 0.6) is 5.75 Å². The second-order valence-corrected chi connectivity index (χ2v) is 9.42. The summed E-state index contributed by atoms with van der Waals surface area (Å²) in [6.45, 7) is 0.146. The highest BCUT2D eigenvalue weighted by molar-refractivity contribution is 8.13. The molecule has 6 nitrogen and oxygen atoms in total. The van der Waals surface area contributed by atoms with Gasteiger partial charge in [-0.2, -0.15) is 0 Å². The normalized spacial score (nSPS) is 22.4. The highest BCUT2D eigenvalue weighted by Crippen LogP contribution is 2.37. The molecule has 0 bridgehead atoms. The molecule has 1 heterocycles. The van der Waals surface area contributed by atoms with Crippen molar-refractivity contribution in [3.8, 4) is 5.75 Å². The maximum atomic E-state index is 11.9. The van der Waals surface area contributed by atoms with Crippen LogP contribution in [0, 0.1) is 0 Å². The van der Waals surface area contributed by atoms with Crippen molar-refractivity contribution in [1.82, 2.24) is 4.72 Å². The maximum Gasteiger partial charge on any atom is 0.261 e. The summed E-state index contributed by atoms with van der Waals surface area (Å²) in [6, 6.07) is 3.59. The molecule has 9 heteroatoms. The number of benzene rings is 1. The zero-order chi connectivity index (χ0) is 14.5. The molecular weight excluding hydrogens is 326 g/mol. The maximum absolute atomic E-state index is 11.9. The van der Waals surface area contributed by atoms with Crippen LogP contribution in [-0.4, -0.2) is 28.7 Å². The van der Waals surface area contributed by atoms with Gasteiger partial charge in [0.15, 0.2) is 0 Å². The number of nitrogens with one attached hydrogen (secondary N) is 1. The Morgan fingerprint density at radius 3 is 2.50 bits per heavy atom. The first-order valence-electron chi connectivity index (χ1n) is 6.00. The summed E-state index contributed by atoms with van der Waals surface area (Å²) >= 11 is 0. The van der Waals surface area contributed by atoms with Gasteiger partial charge in [-0.15, -0.1) is 0 Å². The fourth-order valence-corrected chi connectivity index (χ4v) is 4.44. The van der Waals surface area contributed by atoms with Crippen LogP contribution in [0.25, 0.3) is 0 Å². The average Bonchev–Trinajstić information content (AvgIpc) is 3.13. The summed E-state index contributed by atoms with van der Waals surface area (Å²) in [7, 11) is -1.94. The van der Waals surface area contributed by atoms with Crippen molar-refractivity contribution < 1.29 is 21.6 Å². The van der Waals surface area contributed by atoms with Crippen molar-refractivity contribution in [3.05, 3.63) is 23.8 Å². The average molecular weight is 338 g/mol. The van der Waals surface area contributed by atoms with E-state index in [0.29, 0.717) is 24.2 Å². The lowest BCUT2D eigenvalue weighted by Crippen LogP contribution is -2.32. The van der Waals surface area contributed by atoms with Crippen LogP contribution in [0.2, 0.25) is 0 Å². The van der Waals surface area contributed by atoms with Crippen molar-refractivity contribution >= 4 is 29.8 Å². The first-order valence-corrected chi connectivity index (χ1v) is 9.85. The third-order valence-corrected chi connectivity index (χ3v) is 6.63. The van der Waals surface area contributed by atoms with Gasteiger partial charge in [0, 0.05) is 16.2 Å². The van der Waals surface area contributed by atoms with E-state index in [0.717, 1.165) is 0 Å². The number of hydrogen-bond donors (Lipinski definition) is 1. The minimum atomic E-state index is -3.86. The molecule has 1 saturated carbocycles. The first-order chi connectivity index (χ1) is 9.27. The minimum Gasteiger partial charge on any atom is -0.491 e. The van der Waals surface area contributed by atoms with E-state index in [1.165, 1.54) is 18.2 Å². The Kier molecular flexibility index (Phi) is 3.24. The van der Waals surface area contributed by atoms with Gasteiger partial charge in [0.25, 0.3) is 9.05 Å². The third-order valence-electron chi connectivity index (χ3n) is 3.31. The molecule has 1 N–H and O–H groups in total. The third kappa shape index (κ3) is 2.65. The Labute approximate surface area is 121 Å². The lowest BCUT2D eigenvalue weighted by atomic mass is 10.1. The Morgan fingerprint density at radius 2 is 1.90 bits per heavy atom. The monoisotopic (exact) mass is 337 g/mol. The lowest BCUT2D eigenvalue weighted by molar-refractivity contribution is 0.325. The number of rotatable bonds is 4. The standard InChI is InChI=1S/C11H12ClNO5S2/c12-19(14,15)8-3-4-11-9(5-8)10(6-18-11)13-20(16,17)7-1-2-7/h3-5,7,10,13H,1-2,6H2. The molecule has 0 spiro atoms. The van der Waals surface area contributed by atoms with Gasteiger partial charge >= 0.3 is 0 Å². The van der Waals surface area contributed by atoms with Crippen LogP contribution < -0.4 is 9.46 Å². The topological polar surface area (TPSA) is 89.5 Å². The molecule has 1 atom stereocenters. The fourth-order valence-electron chi connectivity index (χ4n) is 2.12. The number of sulfonamides is 1. The van der Waals surface area contributed by atoms with Gasteiger partial charge in [0.05, 0.1) is 16.2 Å². The molecule has 1 aliphatic heterocycles. The molecule has 0 amide bonds. The van der Waals surface area contributed by atoms with Crippen LogP contribution in [0.1, 0.15) is 24.4 Å². The molecule has 3 rings (SSSR count). The Balaban J connectivity index is 1.92. The van der Waals surface area contributed by atoms with E-state index < -0.39 is 25.1 Å². The molecular formula is C11H12ClNO5S2. The van der Waals surface area contributed by atoms with Crippen molar-refractivity contribution in [2.24, 2.45) is 0 Å². The summed E-state index contributed by atoms with van der Waals surface area (Å²) in [5.41, 5.74) is 0.496. The van der Waals surface area contributed by atoms with Gasteiger partial charge in [0.1, 0.15) is 12.4 Å². The predicted octanol–water partition coefficient (Wildman–Crippen LogP) is 1.13. The molecule has 1 fully saturated rings. The second-order valence-electron chi connectivity index (χ2n) is 4.86. The van der Waals surface area contributed by atoms with Gasteiger partial charge < -0.3 is 4.74 Å². The van der Waals surface area contributed by atoms with Crippen LogP contribution in [-0.2, 0) is 19.1 Å². The quantitative estimate of drug-likeness (QED) is 0.832. The molecule has 0 aromatic heterocycles. The smallest absolute Gasteiger partial charge is 0.261 e. The van der Waals surface area contributed by atoms with E-state index in [1.807, 2.05) is 0 Å². The number of halogens is 1. The molecule has 0 saturated heterocycles. The molecule has 1 aromatic rings. The van der Waals surface area contributed by atoms with E-state index in [-0.39, 0.29) is 16.8 Å². The highest BCUT2D eigenvalue weighted by atomic mass is 35.7. The van der Waals surface area contributed by atoms with Crippen molar-refractivity contribution in [2.75, 3.05) is 6.61 Å². The summed E-state index contributed by atoms with van der Waals surface area (Å²) in [4.78, 5) is -0.0703. The Bertz CT molecular complexity index is 755. The lowest BCUT2D eigenvalue weighted by Gasteiger charge is -2.12. The van der Waals surface area contributed by atoms with Crippen molar-refractivity contribution in [1.29, 1.82) is 0 Å². The number of ether oxygens (including phenoxy) is 1. The second kappa shape index (κ2) is 4.59. The van der Waals surface area contributed by atoms with Gasteiger partial charge in [-0.05, 0) is 31.0 Å². The van der Waals surface area contributed by atoms with E-state index >= 15 is 0 Å². The fraction of sp³-hybridized carbons (Fsp3) is 0.455. The van der Waals surface area contributed by atoms with Crippen LogP contribution in [0.15, 0.2) is 23.1 Å². The van der Waals surface area contributed by atoms with Gasteiger partial charge in [-0.3, -0.25) is 0 Å². The molecule has 2 aliphatic rings. The van der Waals surface area contributed by atoms with Crippen LogP contribution in [0.3, 0.4) is 0 Å². The van der Waals surface area contributed by atoms with Crippen LogP contribution in [0.4, 0.5) is 0 Å². The van der Waals surface area contributed by atoms with Crippen molar-refractivity contribution in [3.63, 3.8) is 0 Å². The van der Waals surface area contributed by atoms with E-state index in [2.05, 4.69) is 4.72 Å². The molecule has 0 radical (unpaired) electrons. The number of fused-ring (bicyclic) bond motifs is 1. The van der Waals surface area contributed by atoms with E-state index in [9.17, 15) is 16.8 Å². The van der Waals surface area contributed by atoms with Gasteiger partial charge in [-0.25, -0.2) is 21.6 Å². The minimum absolute atomic E-state index is 0.0703. The summed E-state index contributed by atoms with van der Waals surface area (Å²) in [5, 5.41) is -0.341. The molecule has 110 valence electrons. The molecule has 1 aromatic carbocycles. The zero-order valence-electron chi connectivity index (χ0n) is 10.2. The summed E-state index contributed by atoms with van der Waals surface area (Å²) in [6.07, 6.45) is 1.32.